The molecule has 90 valence electrons. The molecule has 0 aliphatic carbocycles. The fourth-order valence-electron chi connectivity index (χ4n) is 1.28. The molecule has 0 fully saturated rings. The summed E-state index contributed by atoms with van der Waals surface area (Å²) in [7, 11) is -0.955. The van der Waals surface area contributed by atoms with Crippen LogP contribution in [0.5, 0.6) is 0 Å². The smallest absolute Gasteiger partial charge is 0.148 e. The summed E-state index contributed by atoms with van der Waals surface area (Å²) in [5, 5.41) is 3.10. The van der Waals surface area contributed by atoms with Crippen LogP contribution in [0, 0.1) is 0 Å². The Morgan fingerprint density at radius 1 is 1.31 bits per heavy atom. The summed E-state index contributed by atoms with van der Waals surface area (Å²) in [6.45, 7) is 0.808. The molecule has 0 heterocycles. The van der Waals surface area contributed by atoms with Crippen molar-refractivity contribution in [3.8, 4) is 0 Å². The molecule has 0 saturated carbocycles. The second kappa shape index (κ2) is 6.27. The van der Waals surface area contributed by atoms with Gasteiger partial charge in [-0.25, -0.2) is 8.42 Å². The molecule has 0 radical (unpaired) electrons. The summed E-state index contributed by atoms with van der Waals surface area (Å²) in [6, 6.07) is 8.05. The van der Waals surface area contributed by atoms with E-state index in [-0.39, 0.29) is 5.75 Å². The van der Waals surface area contributed by atoms with Crippen LogP contribution in [0.1, 0.15) is 5.56 Å². The molecule has 0 saturated heterocycles. The van der Waals surface area contributed by atoms with Crippen LogP contribution in [0.25, 0.3) is 0 Å². The number of nitrogens with one attached hydrogen (secondary N) is 1. The van der Waals surface area contributed by atoms with Crippen LogP contribution in [0.4, 0.5) is 0 Å². The van der Waals surface area contributed by atoms with Crippen LogP contribution in [0.2, 0.25) is 0 Å². The van der Waals surface area contributed by atoms with Gasteiger partial charge in [-0.2, -0.15) is 0 Å². The monoisotopic (exact) mass is 259 g/mol. The first-order chi connectivity index (χ1) is 7.53. The zero-order chi connectivity index (χ0) is 12.0. The largest absolute Gasteiger partial charge is 0.316 e. The van der Waals surface area contributed by atoms with Crippen LogP contribution >= 0.6 is 11.8 Å². The maximum Gasteiger partial charge on any atom is 0.148 e. The van der Waals surface area contributed by atoms with Crippen LogP contribution in [-0.4, -0.2) is 33.2 Å². The average molecular weight is 259 g/mol. The molecule has 0 aliphatic rings. The van der Waals surface area contributed by atoms with E-state index in [0.717, 1.165) is 11.4 Å². The second-order valence-electron chi connectivity index (χ2n) is 3.62. The topological polar surface area (TPSA) is 46.2 Å². The lowest BCUT2D eigenvalue weighted by Crippen LogP contribution is -2.07. The fourth-order valence-corrected chi connectivity index (χ4v) is 3.55. The molecular weight excluding hydrogens is 242 g/mol. The van der Waals surface area contributed by atoms with Crippen molar-refractivity contribution in [2.75, 3.05) is 24.8 Å². The molecule has 0 spiro atoms. The Balaban J connectivity index is 2.59. The van der Waals surface area contributed by atoms with E-state index in [1.807, 2.05) is 25.2 Å². The molecule has 0 aliphatic heterocycles. The van der Waals surface area contributed by atoms with Gasteiger partial charge in [-0.05, 0) is 18.7 Å². The molecule has 1 aromatic carbocycles. The zero-order valence-corrected chi connectivity index (χ0v) is 11.2. The van der Waals surface area contributed by atoms with E-state index in [4.69, 9.17) is 0 Å². The van der Waals surface area contributed by atoms with Gasteiger partial charge in [-0.3, -0.25) is 0 Å². The molecule has 0 amide bonds. The Bertz CT molecular complexity index is 429. The van der Waals surface area contributed by atoms with Crippen LogP contribution in [-0.2, 0) is 16.4 Å². The predicted molar refractivity (Wildman–Crippen MR) is 69.6 cm³/mol. The first-order valence-electron chi connectivity index (χ1n) is 5.06. The normalized spacial score (nSPS) is 11.6. The van der Waals surface area contributed by atoms with Gasteiger partial charge in [-0.1, -0.05) is 18.2 Å². The number of thioether (sulfide) groups is 1. The number of hydrogen-bond donors (Lipinski definition) is 1. The van der Waals surface area contributed by atoms with Gasteiger partial charge in [0.2, 0.25) is 0 Å². The van der Waals surface area contributed by atoms with Crippen molar-refractivity contribution in [3.05, 3.63) is 29.8 Å². The molecule has 5 heteroatoms. The van der Waals surface area contributed by atoms with E-state index in [2.05, 4.69) is 11.4 Å². The van der Waals surface area contributed by atoms with Gasteiger partial charge in [0.25, 0.3) is 0 Å². The van der Waals surface area contributed by atoms with Gasteiger partial charge < -0.3 is 5.32 Å². The van der Waals surface area contributed by atoms with Crippen molar-refractivity contribution in [1.29, 1.82) is 0 Å². The van der Waals surface area contributed by atoms with E-state index in [1.54, 1.807) is 11.8 Å². The summed E-state index contributed by atoms with van der Waals surface area (Å²) >= 11 is 1.59. The minimum absolute atomic E-state index is 0.228. The third kappa shape index (κ3) is 5.01. The zero-order valence-electron chi connectivity index (χ0n) is 9.56. The summed E-state index contributed by atoms with van der Waals surface area (Å²) in [4.78, 5) is 1.15. The quantitative estimate of drug-likeness (QED) is 0.787. The van der Waals surface area contributed by atoms with E-state index in [0.29, 0.717) is 5.75 Å². The first-order valence-corrected chi connectivity index (χ1v) is 8.10. The van der Waals surface area contributed by atoms with Crippen LogP contribution in [0.15, 0.2) is 29.2 Å². The first kappa shape index (κ1) is 13.5. The number of benzene rings is 1. The molecular formula is C11H17NO2S2. The molecule has 1 aromatic rings. The van der Waals surface area contributed by atoms with Gasteiger partial charge >= 0.3 is 0 Å². The highest BCUT2D eigenvalue weighted by molar-refractivity contribution is 8.00. The lowest BCUT2D eigenvalue weighted by atomic mass is 10.2. The summed E-state index contributed by atoms with van der Waals surface area (Å²) < 4.78 is 22.0. The van der Waals surface area contributed by atoms with Gasteiger partial charge in [0, 0.05) is 23.4 Å². The molecule has 0 bridgehead atoms. The van der Waals surface area contributed by atoms with Crippen molar-refractivity contribution in [1.82, 2.24) is 5.32 Å². The third-order valence-corrected chi connectivity index (χ3v) is 4.37. The van der Waals surface area contributed by atoms with Gasteiger partial charge in [0.05, 0.1) is 5.75 Å². The van der Waals surface area contributed by atoms with Crippen molar-refractivity contribution in [2.24, 2.45) is 0 Å². The van der Waals surface area contributed by atoms with Crippen molar-refractivity contribution < 1.29 is 8.42 Å². The summed E-state index contributed by atoms with van der Waals surface area (Å²) in [6.07, 6.45) is 1.27. The number of sulfone groups is 1. The second-order valence-corrected chi connectivity index (χ2v) is 7.01. The highest BCUT2D eigenvalue weighted by Crippen LogP contribution is 2.22. The molecule has 0 unspecified atom stereocenters. The number of rotatable bonds is 6. The van der Waals surface area contributed by atoms with Crippen molar-refractivity contribution >= 4 is 21.6 Å². The van der Waals surface area contributed by atoms with E-state index in [9.17, 15) is 8.42 Å². The van der Waals surface area contributed by atoms with Crippen LogP contribution < -0.4 is 5.32 Å². The summed E-state index contributed by atoms with van der Waals surface area (Å²) in [5.74, 6) is 0.838. The standard InChI is InChI=1S/C11H17NO2S2/c1-12-9-10-5-3-4-6-11(10)15-7-8-16(2,13)14/h3-6,12H,7-9H2,1-2H3. The molecule has 0 aromatic heterocycles. The Hall–Kier alpha value is -0.520. The molecule has 3 nitrogen and oxygen atoms in total. The maximum absolute atomic E-state index is 11.0. The third-order valence-electron chi connectivity index (χ3n) is 2.05. The molecule has 1 N–H and O–H groups in total. The molecule has 1 rings (SSSR count). The molecule has 0 atom stereocenters. The fraction of sp³-hybridized carbons (Fsp3) is 0.455. The SMILES string of the molecule is CNCc1ccccc1SCCS(C)(=O)=O. The van der Waals surface area contributed by atoms with Crippen molar-refractivity contribution in [2.45, 2.75) is 11.4 Å². The van der Waals surface area contributed by atoms with Gasteiger partial charge in [0.15, 0.2) is 0 Å². The Morgan fingerprint density at radius 2 is 2.00 bits per heavy atom. The maximum atomic E-state index is 11.0. The summed E-state index contributed by atoms with van der Waals surface area (Å²) in [5.41, 5.74) is 1.21. The highest BCUT2D eigenvalue weighted by atomic mass is 32.2. The van der Waals surface area contributed by atoms with E-state index >= 15 is 0 Å². The van der Waals surface area contributed by atoms with Crippen LogP contribution in [0.3, 0.4) is 0 Å². The predicted octanol–water partition coefficient (Wildman–Crippen LogP) is 1.54. The van der Waals surface area contributed by atoms with E-state index in [1.165, 1.54) is 11.8 Å². The minimum atomic E-state index is -2.86. The van der Waals surface area contributed by atoms with Crippen molar-refractivity contribution in [3.63, 3.8) is 0 Å². The minimum Gasteiger partial charge on any atom is -0.316 e. The van der Waals surface area contributed by atoms with E-state index < -0.39 is 9.84 Å². The van der Waals surface area contributed by atoms with Gasteiger partial charge in [0.1, 0.15) is 9.84 Å². The Labute approximate surface area is 102 Å². The highest BCUT2D eigenvalue weighted by Gasteiger charge is 2.05. The average Bonchev–Trinajstić information content (AvgIpc) is 2.19. The Kier molecular flexibility index (Phi) is 5.31. The lowest BCUT2D eigenvalue weighted by Gasteiger charge is -2.07. The molecule has 16 heavy (non-hydrogen) atoms. The van der Waals surface area contributed by atoms with Gasteiger partial charge in [-0.15, -0.1) is 11.8 Å². The number of hydrogen-bond acceptors (Lipinski definition) is 4. The lowest BCUT2D eigenvalue weighted by molar-refractivity contribution is 0.603. The Morgan fingerprint density at radius 3 is 2.62 bits per heavy atom.